The van der Waals surface area contributed by atoms with Crippen LogP contribution in [0.25, 0.3) is 0 Å². The summed E-state index contributed by atoms with van der Waals surface area (Å²) in [5.41, 5.74) is 1.29. The van der Waals surface area contributed by atoms with Crippen LogP contribution in [-0.2, 0) is 6.54 Å². The molecule has 0 aromatic heterocycles. The highest BCUT2D eigenvalue weighted by molar-refractivity contribution is 5.58. The Labute approximate surface area is 121 Å². The van der Waals surface area contributed by atoms with Gasteiger partial charge in [0, 0.05) is 12.6 Å². The van der Waals surface area contributed by atoms with Gasteiger partial charge in [0.25, 0.3) is 0 Å². The lowest BCUT2D eigenvalue weighted by molar-refractivity contribution is -0.419. The van der Waals surface area contributed by atoms with Gasteiger partial charge in [-0.25, -0.2) is 4.74 Å². The van der Waals surface area contributed by atoms with E-state index in [0.29, 0.717) is 6.04 Å². The zero-order valence-corrected chi connectivity index (χ0v) is 12.4. The molecular weight excluding hydrogens is 248 g/mol. The van der Waals surface area contributed by atoms with Gasteiger partial charge in [0.2, 0.25) is 0 Å². The predicted octanol–water partition coefficient (Wildman–Crippen LogP) is 3.20. The van der Waals surface area contributed by atoms with E-state index in [9.17, 15) is 5.21 Å². The molecule has 1 aliphatic rings. The van der Waals surface area contributed by atoms with Crippen molar-refractivity contribution in [2.45, 2.75) is 44.8 Å². The quantitative estimate of drug-likeness (QED) is 0.271. The Hall–Kier alpha value is -1.61. The van der Waals surface area contributed by atoms with E-state index in [4.69, 9.17) is 0 Å². The molecule has 0 spiro atoms. The van der Waals surface area contributed by atoms with Crippen molar-refractivity contribution in [3.63, 3.8) is 0 Å². The average Bonchev–Trinajstić information content (AvgIpc) is 2.46. The average molecular weight is 272 g/mol. The summed E-state index contributed by atoms with van der Waals surface area (Å²) in [4.78, 5) is 2.40. The van der Waals surface area contributed by atoms with Crippen LogP contribution in [0.1, 0.15) is 31.7 Å². The van der Waals surface area contributed by atoms with Gasteiger partial charge in [0.05, 0.1) is 6.04 Å². The normalized spacial score (nSPS) is 21.1. The van der Waals surface area contributed by atoms with E-state index in [1.807, 2.05) is 6.07 Å². The van der Waals surface area contributed by atoms with Crippen molar-refractivity contribution in [1.29, 1.82) is 0 Å². The van der Waals surface area contributed by atoms with Gasteiger partial charge in [0.1, 0.15) is 7.05 Å². The number of hydrogen-bond donors (Lipinski definition) is 0. The molecule has 0 radical (unpaired) electrons. The molecule has 3 nitrogen and oxygen atoms in total. The molecule has 0 saturated heterocycles. The third kappa shape index (κ3) is 4.20. The van der Waals surface area contributed by atoms with E-state index >= 15 is 0 Å². The molecule has 0 aliphatic heterocycles. The lowest BCUT2D eigenvalue weighted by Gasteiger charge is -2.34. The van der Waals surface area contributed by atoms with Crippen LogP contribution in [-0.4, -0.2) is 35.0 Å². The van der Waals surface area contributed by atoms with Crippen LogP contribution in [0.5, 0.6) is 0 Å². The van der Waals surface area contributed by atoms with Gasteiger partial charge in [-0.2, -0.15) is 0 Å². The minimum Gasteiger partial charge on any atom is -0.624 e. The van der Waals surface area contributed by atoms with Crippen molar-refractivity contribution in [3.8, 4) is 0 Å². The van der Waals surface area contributed by atoms with Gasteiger partial charge >= 0.3 is 0 Å². The van der Waals surface area contributed by atoms with Crippen LogP contribution in [0.4, 0.5) is 0 Å². The molecule has 1 aliphatic carbocycles. The molecule has 2 atom stereocenters. The molecule has 2 rings (SSSR count). The van der Waals surface area contributed by atoms with Gasteiger partial charge < -0.3 is 5.21 Å². The molecule has 3 heteroatoms. The first kappa shape index (κ1) is 14.8. The van der Waals surface area contributed by atoms with Crippen molar-refractivity contribution in [2.24, 2.45) is 0 Å². The fourth-order valence-corrected chi connectivity index (χ4v) is 2.82. The molecule has 0 heterocycles. The summed E-state index contributed by atoms with van der Waals surface area (Å²) in [6.07, 6.45) is 9.87. The Morgan fingerprint density at radius 1 is 1.40 bits per heavy atom. The van der Waals surface area contributed by atoms with E-state index in [2.05, 4.69) is 48.2 Å². The smallest absolute Gasteiger partial charge is 0.167 e. The summed E-state index contributed by atoms with van der Waals surface area (Å²) in [6, 6.07) is 11.0. The Morgan fingerprint density at radius 3 is 2.75 bits per heavy atom. The minimum atomic E-state index is 0.130. The number of benzene rings is 1. The van der Waals surface area contributed by atoms with Crippen LogP contribution >= 0.6 is 0 Å². The number of nitrogens with zero attached hydrogens (tertiary/aromatic N) is 2. The van der Waals surface area contributed by atoms with Crippen molar-refractivity contribution in [3.05, 3.63) is 53.3 Å². The fraction of sp³-hybridized carbons (Fsp3) is 0.471. The first-order valence-corrected chi connectivity index (χ1v) is 7.38. The Morgan fingerprint density at radius 2 is 2.15 bits per heavy atom. The van der Waals surface area contributed by atoms with Crippen molar-refractivity contribution in [2.75, 3.05) is 7.05 Å². The third-order valence-electron chi connectivity index (χ3n) is 3.81. The zero-order valence-electron chi connectivity index (χ0n) is 12.4. The van der Waals surface area contributed by atoms with E-state index in [1.165, 1.54) is 24.8 Å². The van der Waals surface area contributed by atoms with E-state index in [0.717, 1.165) is 11.3 Å². The zero-order chi connectivity index (χ0) is 14.4. The monoisotopic (exact) mass is 272 g/mol. The third-order valence-corrected chi connectivity index (χ3v) is 3.81. The summed E-state index contributed by atoms with van der Waals surface area (Å²) in [6.45, 7) is 2.97. The largest absolute Gasteiger partial charge is 0.624 e. The van der Waals surface area contributed by atoms with Crippen molar-refractivity contribution < 1.29 is 4.74 Å². The predicted molar refractivity (Wildman–Crippen MR) is 83.8 cm³/mol. The molecule has 0 N–H and O–H groups in total. The van der Waals surface area contributed by atoms with E-state index < -0.39 is 0 Å². The molecule has 108 valence electrons. The fourth-order valence-electron chi connectivity index (χ4n) is 2.82. The molecule has 0 saturated carbocycles. The number of hydrogen-bond acceptors (Lipinski definition) is 2. The molecule has 20 heavy (non-hydrogen) atoms. The highest BCUT2D eigenvalue weighted by Crippen LogP contribution is 2.20. The van der Waals surface area contributed by atoms with Crippen LogP contribution in [0.3, 0.4) is 0 Å². The van der Waals surface area contributed by atoms with Gasteiger partial charge in [-0.3, -0.25) is 4.90 Å². The second-order valence-electron chi connectivity index (χ2n) is 5.52. The maximum Gasteiger partial charge on any atom is 0.167 e. The summed E-state index contributed by atoms with van der Waals surface area (Å²) in [5.74, 6) is 0. The highest BCUT2D eigenvalue weighted by Gasteiger charge is 2.23. The van der Waals surface area contributed by atoms with Crippen molar-refractivity contribution in [1.82, 2.24) is 4.90 Å². The molecule has 1 aromatic carbocycles. The molecule has 0 amide bonds. The molecule has 0 bridgehead atoms. The Bertz CT molecular complexity index is 463. The van der Waals surface area contributed by atoms with Crippen LogP contribution < -0.4 is 0 Å². The second-order valence-corrected chi connectivity index (χ2v) is 5.52. The first-order chi connectivity index (χ1) is 9.66. The van der Waals surface area contributed by atoms with Gasteiger partial charge in [0.15, 0.2) is 6.21 Å². The van der Waals surface area contributed by atoms with Gasteiger partial charge in [-0.1, -0.05) is 42.5 Å². The highest BCUT2D eigenvalue weighted by atomic mass is 16.5. The topological polar surface area (TPSA) is 29.3 Å². The Kier molecular flexibility index (Phi) is 5.36. The van der Waals surface area contributed by atoms with Gasteiger partial charge in [-0.15, -0.1) is 0 Å². The number of hydroxylamine groups is 1. The molecule has 0 fully saturated rings. The molecule has 0 unspecified atom stereocenters. The van der Waals surface area contributed by atoms with Crippen LogP contribution in [0, 0.1) is 5.21 Å². The van der Waals surface area contributed by atoms with Crippen LogP contribution in [0.2, 0.25) is 0 Å². The van der Waals surface area contributed by atoms with Crippen LogP contribution in [0.15, 0.2) is 42.5 Å². The van der Waals surface area contributed by atoms with Crippen molar-refractivity contribution >= 4 is 6.21 Å². The van der Waals surface area contributed by atoms with Gasteiger partial charge in [-0.05, 0) is 31.7 Å². The Balaban J connectivity index is 2.17. The summed E-state index contributed by atoms with van der Waals surface area (Å²) < 4.78 is 0.912. The minimum absolute atomic E-state index is 0.130. The maximum absolute atomic E-state index is 11.3. The summed E-state index contributed by atoms with van der Waals surface area (Å²) in [7, 11) is 1.55. The maximum atomic E-state index is 11.3. The number of rotatable bonds is 5. The summed E-state index contributed by atoms with van der Waals surface area (Å²) >= 11 is 0. The molecular formula is C17H24N2O. The second kappa shape index (κ2) is 7.25. The number of allylic oxidation sites excluding steroid dienone is 1. The summed E-state index contributed by atoms with van der Waals surface area (Å²) in [5, 5.41) is 11.3. The molecule has 1 aromatic rings. The SMILES string of the molecule is C[C@@H](/C=[N+](/C)[O-])N(Cc1ccccc1)[C@@H]1C=CCCC1. The van der Waals surface area contributed by atoms with E-state index in [1.54, 1.807) is 13.3 Å². The lowest BCUT2D eigenvalue weighted by Crippen LogP contribution is -2.42. The lowest BCUT2D eigenvalue weighted by atomic mass is 9.99. The standard InChI is InChI=1S/C17H24N2O/c1-15(13-18(2)20)19(17-11-7-4-8-12-17)14-16-9-5-3-6-10-16/h3,5-7,9-11,13,15,17H,4,8,12,14H2,1-2H3/b18-13-/t15-,17+/m0/s1. The first-order valence-electron chi connectivity index (χ1n) is 7.38. The van der Waals surface area contributed by atoms with E-state index in [-0.39, 0.29) is 6.04 Å².